The van der Waals surface area contributed by atoms with Crippen LogP contribution in [0.25, 0.3) is 0 Å². The van der Waals surface area contributed by atoms with E-state index in [1.165, 1.54) is 11.1 Å². The molecule has 0 saturated heterocycles. The molecule has 2 aromatic carbocycles. The van der Waals surface area contributed by atoms with Crippen LogP contribution in [0.15, 0.2) is 53.5 Å². The first-order valence-corrected chi connectivity index (χ1v) is 8.45. The van der Waals surface area contributed by atoms with Crippen LogP contribution in [-0.2, 0) is 13.0 Å². The van der Waals surface area contributed by atoms with Gasteiger partial charge in [0, 0.05) is 20.1 Å². The summed E-state index contributed by atoms with van der Waals surface area (Å²) in [5.41, 5.74) is 2.46. The largest absolute Gasteiger partial charge is 0.497 e. The number of hydrogen-bond acceptors (Lipinski definition) is 3. The Morgan fingerprint density at radius 1 is 0.920 bits per heavy atom. The van der Waals surface area contributed by atoms with Gasteiger partial charge in [0.25, 0.3) is 0 Å². The molecule has 0 spiro atoms. The molecule has 0 unspecified atom stereocenters. The normalized spacial score (nSPS) is 11.1. The van der Waals surface area contributed by atoms with Gasteiger partial charge in [-0.05, 0) is 48.2 Å². The van der Waals surface area contributed by atoms with Gasteiger partial charge in [0.05, 0.1) is 14.2 Å². The summed E-state index contributed by atoms with van der Waals surface area (Å²) < 4.78 is 10.4. The quantitative estimate of drug-likeness (QED) is 0.440. The number of ether oxygens (including phenoxy) is 2. The molecule has 0 aliphatic heterocycles. The summed E-state index contributed by atoms with van der Waals surface area (Å²) >= 11 is 0. The second-order valence-corrected chi connectivity index (χ2v) is 5.66. The van der Waals surface area contributed by atoms with Crippen molar-refractivity contribution < 1.29 is 9.47 Å². The van der Waals surface area contributed by atoms with Gasteiger partial charge in [-0.1, -0.05) is 24.3 Å². The lowest BCUT2D eigenvalue weighted by molar-refractivity contribution is 0.414. The van der Waals surface area contributed by atoms with Crippen molar-refractivity contribution in [1.29, 1.82) is 0 Å². The smallest absolute Gasteiger partial charge is 0.191 e. The minimum absolute atomic E-state index is 0.722. The number of methoxy groups -OCH3 is 2. The minimum Gasteiger partial charge on any atom is -0.497 e. The van der Waals surface area contributed by atoms with Crippen LogP contribution < -0.4 is 20.1 Å². The summed E-state index contributed by atoms with van der Waals surface area (Å²) in [6.07, 6.45) is 2.02. The summed E-state index contributed by atoms with van der Waals surface area (Å²) in [6.45, 7) is 1.58. The zero-order valence-electron chi connectivity index (χ0n) is 15.2. The van der Waals surface area contributed by atoms with Gasteiger partial charge < -0.3 is 20.1 Å². The Labute approximate surface area is 150 Å². The highest BCUT2D eigenvalue weighted by Crippen LogP contribution is 2.13. The van der Waals surface area contributed by atoms with Crippen molar-refractivity contribution in [1.82, 2.24) is 10.6 Å². The molecule has 0 fully saturated rings. The van der Waals surface area contributed by atoms with Gasteiger partial charge in [-0.15, -0.1) is 0 Å². The molecule has 5 nitrogen and oxygen atoms in total. The van der Waals surface area contributed by atoms with Crippen LogP contribution in [0.1, 0.15) is 17.5 Å². The van der Waals surface area contributed by atoms with E-state index < -0.39 is 0 Å². The molecule has 0 radical (unpaired) electrons. The molecule has 2 aromatic rings. The first kappa shape index (κ1) is 18.6. The topological polar surface area (TPSA) is 54.9 Å². The van der Waals surface area contributed by atoms with Crippen LogP contribution in [0.5, 0.6) is 11.5 Å². The Balaban J connectivity index is 1.70. The van der Waals surface area contributed by atoms with Crippen molar-refractivity contribution >= 4 is 5.96 Å². The van der Waals surface area contributed by atoms with E-state index in [0.717, 1.165) is 43.4 Å². The molecule has 2 N–H and O–H groups in total. The fourth-order valence-electron chi connectivity index (χ4n) is 2.48. The first-order valence-electron chi connectivity index (χ1n) is 8.45. The molecule has 0 aromatic heterocycles. The van der Waals surface area contributed by atoms with Crippen LogP contribution in [0.3, 0.4) is 0 Å². The number of nitrogens with zero attached hydrogens (tertiary/aromatic N) is 1. The van der Waals surface area contributed by atoms with E-state index in [0.29, 0.717) is 0 Å². The highest BCUT2D eigenvalue weighted by atomic mass is 16.5. The second kappa shape index (κ2) is 10.2. The van der Waals surface area contributed by atoms with Gasteiger partial charge in [0.1, 0.15) is 11.5 Å². The monoisotopic (exact) mass is 341 g/mol. The Bertz CT molecular complexity index is 669. The van der Waals surface area contributed by atoms with E-state index in [4.69, 9.17) is 9.47 Å². The molecule has 0 heterocycles. The average molecular weight is 341 g/mol. The molecular weight excluding hydrogens is 314 g/mol. The third-order valence-electron chi connectivity index (χ3n) is 3.91. The molecule has 0 aliphatic rings. The summed E-state index contributed by atoms with van der Waals surface area (Å²) in [4.78, 5) is 4.26. The number of aliphatic imine (C=N–C) groups is 1. The standard InChI is InChI=1S/C20H27N3O2/c1-21-20(23-15-17-9-11-18(24-2)12-10-17)22-13-5-7-16-6-4-8-19(14-16)25-3/h4,6,8-12,14H,5,7,13,15H2,1-3H3,(H2,21,22,23). The maximum absolute atomic E-state index is 5.25. The van der Waals surface area contributed by atoms with E-state index in [1.54, 1.807) is 21.3 Å². The zero-order chi connectivity index (χ0) is 17.9. The van der Waals surface area contributed by atoms with E-state index in [2.05, 4.69) is 27.8 Å². The lowest BCUT2D eigenvalue weighted by Crippen LogP contribution is -2.37. The molecule has 2 rings (SSSR count). The summed E-state index contributed by atoms with van der Waals surface area (Å²) in [5, 5.41) is 6.66. The van der Waals surface area contributed by atoms with Gasteiger partial charge in [0.15, 0.2) is 5.96 Å². The molecule has 0 amide bonds. The van der Waals surface area contributed by atoms with Gasteiger partial charge in [0.2, 0.25) is 0 Å². The van der Waals surface area contributed by atoms with E-state index in [1.807, 2.05) is 36.4 Å². The van der Waals surface area contributed by atoms with Crippen LogP contribution in [0, 0.1) is 0 Å². The van der Waals surface area contributed by atoms with Crippen LogP contribution >= 0.6 is 0 Å². The summed E-state index contributed by atoms with van der Waals surface area (Å²) in [5.74, 6) is 2.58. The molecule has 0 bridgehead atoms. The van der Waals surface area contributed by atoms with E-state index in [9.17, 15) is 0 Å². The maximum atomic E-state index is 5.25. The third-order valence-corrected chi connectivity index (χ3v) is 3.91. The third kappa shape index (κ3) is 6.37. The Kier molecular flexibility index (Phi) is 7.63. The molecule has 5 heteroatoms. The molecule has 0 saturated carbocycles. The number of hydrogen-bond donors (Lipinski definition) is 2. The minimum atomic E-state index is 0.722. The molecule has 0 atom stereocenters. The maximum Gasteiger partial charge on any atom is 0.191 e. The Hall–Kier alpha value is -2.69. The van der Waals surface area contributed by atoms with Crippen molar-refractivity contribution in [2.75, 3.05) is 27.8 Å². The summed E-state index contributed by atoms with van der Waals surface area (Å²) in [7, 11) is 5.15. The average Bonchev–Trinajstić information content (AvgIpc) is 2.68. The number of aryl methyl sites for hydroxylation is 1. The van der Waals surface area contributed by atoms with Crippen molar-refractivity contribution in [2.24, 2.45) is 4.99 Å². The number of guanidine groups is 1. The zero-order valence-corrected chi connectivity index (χ0v) is 15.2. The highest BCUT2D eigenvalue weighted by Gasteiger charge is 2.00. The summed E-state index contributed by atoms with van der Waals surface area (Å²) in [6, 6.07) is 16.2. The van der Waals surface area contributed by atoms with Gasteiger partial charge >= 0.3 is 0 Å². The van der Waals surface area contributed by atoms with Crippen molar-refractivity contribution in [2.45, 2.75) is 19.4 Å². The SMILES string of the molecule is CN=C(NCCCc1cccc(OC)c1)NCc1ccc(OC)cc1. The fourth-order valence-corrected chi connectivity index (χ4v) is 2.48. The lowest BCUT2D eigenvalue weighted by Gasteiger charge is -2.12. The second-order valence-electron chi connectivity index (χ2n) is 5.66. The van der Waals surface area contributed by atoms with Crippen LogP contribution in [-0.4, -0.2) is 33.8 Å². The number of rotatable bonds is 8. The Morgan fingerprint density at radius 3 is 2.36 bits per heavy atom. The van der Waals surface area contributed by atoms with E-state index in [-0.39, 0.29) is 0 Å². The Morgan fingerprint density at radius 2 is 1.68 bits per heavy atom. The number of nitrogens with one attached hydrogen (secondary N) is 2. The highest BCUT2D eigenvalue weighted by molar-refractivity contribution is 5.79. The molecular formula is C20H27N3O2. The fraction of sp³-hybridized carbons (Fsp3) is 0.350. The van der Waals surface area contributed by atoms with Gasteiger partial charge in [-0.25, -0.2) is 0 Å². The lowest BCUT2D eigenvalue weighted by atomic mass is 10.1. The van der Waals surface area contributed by atoms with Crippen molar-refractivity contribution in [3.63, 3.8) is 0 Å². The predicted octanol–water partition coefficient (Wildman–Crippen LogP) is 3.00. The van der Waals surface area contributed by atoms with Crippen molar-refractivity contribution in [3.8, 4) is 11.5 Å². The molecule has 134 valence electrons. The molecule has 0 aliphatic carbocycles. The van der Waals surface area contributed by atoms with Gasteiger partial charge in [-0.2, -0.15) is 0 Å². The first-order chi connectivity index (χ1) is 12.2. The van der Waals surface area contributed by atoms with Crippen LogP contribution in [0.4, 0.5) is 0 Å². The predicted molar refractivity (Wildman–Crippen MR) is 103 cm³/mol. The van der Waals surface area contributed by atoms with Crippen LogP contribution in [0.2, 0.25) is 0 Å². The van der Waals surface area contributed by atoms with Gasteiger partial charge in [-0.3, -0.25) is 4.99 Å². The number of benzene rings is 2. The van der Waals surface area contributed by atoms with E-state index >= 15 is 0 Å². The molecule has 25 heavy (non-hydrogen) atoms. The van der Waals surface area contributed by atoms with Crippen molar-refractivity contribution in [3.05, 3.63) is 59.7 Å².